The molecule has 0 bridgehead atoms. The van der Waals surface area contributed by atoms with Crippen molar-refractivity contribution in [3.63, 3.8) is 0 Å². The standard InChI is InChI=1S/C23H46.C22H44/c1-7-15-22(5,16-8-2)19-20-11-13-21(14-12-20)23(6,17-9-3)18-10-4;1-7-10-11-16-21(4,5)20-13-12-19(17-20)18-22(6,14-8-2)15-9-3/h20-21H,7-19H2,1-6H3;19-20H,7-18H2,1-6H3. The molecule has 0 heteroatoms. The van der Waals surface area contributed by atoms with Crippen LogP contribution in [0.2, 0.25) is 0 Å². The highest BCUT2D eigenvalue weighted by molar-refractivity contribution is 4.90. The van der Waals surface area contributed by atoms with E-state index in [0.717, 1.165) is 23.7 Å². The van der Waals surface area contributed by atoms with Gasteiger partial charge in [-0.05, 0) is 129 Å². The normalized spacial score (nSPS) is 23.2. The lowest BCUT2D eigenvalue weighted by molar-refractivity contribution is 0.0759. The Morgan fingerprint density at radius 3 is 1.22 bits per heavy atom. The average molecular weight is 631 g/mol. The van der Waals surface area contributed by atoms with E-state index in [0.29, 0.717) is 21.7 Å². The van der Waals surface area contributed by atoms with E-state index in [2.05, 4.69) is 83.1 Å². The van der Waals surface area contributed by atoms with Gasteiger partial charge >= 0.3 is 0 Å². The Morgan fingerprint density at radius 1 is 0.400 bits per heavy atom. The van der Waals surface area contributed by atoms with E-state index >= 15 is 0 Å². The van der Waals surface area contributed by atoms with Crippen LogP contribution in [-0.2, 0) is 0 Å². The Bertz CT molecular complexity index is 688. The van der Waals surface area contributed by atoms with E-state index in [1.165, 1.54) is 161 Å². The van der Waals surface area contributed by atoms with Gasteiger partial charge in [0.15, 0.2) is 0 Å². The van der Waals surface area contributed by atoms with Crippen molar-refractivity contribution in [2.24, 2.45) is 45.3 Å². The van der Waals surface area contributed by atoms with Crippen molar-refractivity contribution in [3.8, 4) is 0 Å². The van der Waals surface area contributed by atoms with Crippen LogP contribution in [0.5, 0.6) is 0 Å². The van der Waals surface area contributed by atoms with Crippen molar-refractivity contribution in [1.82, 2.24) is 0 Å². The van der Waals surface area contributed by atoms with E-state index in [1.54, 1.807) is 0 Å². The van der Waals surface area contributed by atoms with Crippen molar-refractivity contribution < 1.29 is 0 Å². The highest BCUT2D eigenvalue weighted by Crippen LogP contribution is 2.50. The third kappa shape index (κ3) is 15.4. The third-order valence-corrected chi connectivity index (χ3v) is 13.5. The molecule has 270 valence electrons. The molecule has 2 atom stereocenters. The topological polar surface area (TPSA) is 0 Å². The minimum atomic E-state index is 0.579. The molecule has 2 rings (SSSR count). The molecule has 0 spiro atoms. The number of unbranched alkanes of at least 4 members (excludes halogenated alkanes) is 2. The van der Waals surface area contributed by atoms with Crippen LogP contribution in [0.4, 0.5) is 0 Å². The van der Waals surface area contributed by atoms with Crippen LogP contribution in [0.3, 0.4) is 0 Å². The number of hydrogen-bond acceptors (Lipinski definition) is 0. The average Bonchev–Trinajstić information content (AvgIpc) is 3.43. The summed E-state index contributed by atoms with van der Waals surface area (Å²) in [7, 11) is 0. The Balaban J connectivity index is 0.000000450. The summed E-state index contributed by atoms with van der Waals surface area (Å²) in [4.78, 5) is 0. The molecular weight excluding hydrogens is 540 g/mol. The molecule has 0 amide bonds. The van der Waals surface area contributed by atoms with Gasteiger partial charge in [-0.2, -0.15) is 0 Å². The highest BCUT2D eigenvalue weighted by atomic mass is 14.4. The van der Waals surface area contributed by atoms with Gasteiger partial charge in [-0.15, -0.1) is 0 Å². The fourth-order valence-corrected chi connectivity index (χ4v) is 11.2. The Morgan fingerprint density at radius 2 is 0.800 bits per heavy atom. The van der Waals surface area contributed by atoms with E-state index in [9.17, 15) is 0 Å². The van der Waals surface area contributed by atoms with Crippen molar-refractivity contribution in [2.75, 3.05) is 0 Å². The molecule has 0 nitrogen and oxygen atoms in total. The van der Waals surface area contributed by atoms with Gasteiger partial charge in [-0.25, -0.2) is 0 Å². The second-order valence-corrected chi connectivity index (χ2v) is 18.7. The van der Waals surface area contributed by atoms with Crippen molar-refractivity contribution in [3.05, 3.63) is 0 Å². The Labute approximate surface area is 288 Å². The molecule has 2 saturated carbocycles. The zero-order valence-corrected chi connectivity index (χ0v) is 34.0. The second-order valence-electron chi connectivity index (χ2n) is 18.7. The van der Waals surface area contributed by atoms with Gasteiger partial charge in [-0.1, -0.05) is 160 Å². The second kappa shape index (κ2) is 21.9. The summed E-state index contributed by atoms with van der Waals surface area (Å²) in [6.07, 6.45) is 36.0. The first-order chi connectivity index (χ1) is 21.3. The molecule has 0 aromatic rings. The molecule has 2 aliphatic rings. The van der Waals surface area contributed by atoms with Crippen LogP contribution in [0.1, 0.15) is 244 Å². The van der Waals surface area contributed by atoms with Gasteiger partial charge < -0.3 is 0 Å². The van der Waals surface area contributed by atoms with Crippen LogP contribution in [0.15, 0.2) is 0 Å². The Hall–Kier alpha value is 0. The minimum Gasteiger partial charge on any atom is -0.0654 e. The van der Waals surface area contributed by atoms with Crippen LogP contribution >= 0.6 is 0 Å². The first-order valence-electron chi connectivity index (χ1n) is 21.3. The summed E-state index contributed by atoms with van der Waals surface area (Å²) in [6.45, 7) is 29.4. The van der Waals surface area contributed by atoms with Crippen molar-refractivity contribution >= 4 is 0 Å². The predicted octanol–water partition coefficient (Wildman–Crippen LogP) is 16.4. The predicted molar refractivity (Wildman–Crippen MR) is 207 cm³/mol. The summed E-state index contributed by atoms with van der Waals surface area (Å²) >= 11 is 0. The zero-order valence-electron chi connectivity index (χ0n) is 34.0. The van der Waals surface area contributed by atoms with E-state index in [1.807, 2.05) is 0 Å². The monoisotopic (exact) mass is 631 g/mol. The molecule has 45 heavy (non-hydrogen) atoms. The lowest BCUT2D eigenvalue weighted by atomic mass is 9.62. The summed E-state index contributed by atoms with van der Waals surface area (Å²) in [5.41, 5.74) is 2.45. The fraction of sp³-hybridized carbons (Fsp3) is 1.00. The summed E-state index contributed by atoms with van der Waals surface area (Å²) in [5, 5.41) is 0. The lowest BCUT2D eigenvalue weighted by Crippen LogP contribution is -2.32. The summed E-state index contributed by atoms with van der Waals surface area (Å²) in [6, 6.07) is 0. The molecule has 0 heterocycles. The first-order valence-corrected chi connectivity index (χ1v) is 21.3. The summed E-state index contributed by atoms with van der Waals surface area (Å²) < 4.78 is 0. The minimum absolute atomic E-state index is 0.579. The molecule has 0 radical (unpaired) electrons. The molecule has 2 unspecified atom stereocenters. The van der Waals surface area contributed by atoms with Gasteiger partial charge in [0.05, 0.1) is 0 Å². The molecule has 0 aromatic carbocycles. The van der Waals surface area contributed by atoms with Gasteiger partial charge in [0, 0.05) is 0 Å². The van der Waals surface area contributed by atoms with Crippen LogP contribution in [-0.4, -0.2) is 0 Å². The lowest BCUT2D eigenvalue weighted by Gasteiger charge is -2.43. The summed E-state index contributed by atoms with van der Waals surface area (Å²) in [5.74, 6) is 4.02. The molecule has 0 saturated heterocycles. The van der Waals surface area contributed by atoms with E-state index < -0.39 is 0 Å². The van der Waals surface area contributed by atoms with Crippen LogP contribution in [0, 0.1) is 45.3 Å². The third-order valence-electron chi connectivity index (χ3n) is 13.5. The van der Waals surface area contributed by atoms with Gasteiger partial charge in [0.2, 0.25) is 0 Å². The number of rotatable bonds is 22. The first kappa shape index (κ1) is 43.0. The van der Waals surface area contributed by atoms with E-state index in [-0.39, 0.29) is 0 Å². The molecule has 0 aromatic heterocycles. The fourth-order valence-electron chi connectivity index (χ4n) is 11.2. The van der Waals surface area contributed by atoms with Crippen molar-refractivity contribution in [2.45, 2.75) is 244 Å². The SMILES string of the molecule is CCCC(C)(CCC)CC1CCC(C(C)(CCC)CCC)CC1.CCCCCC(C)(C)C1CCC(CC(C)(CCC)CCC)C1. The van der Waals surface area contributed by atoms with Gasteiger partial charge in [0.25, 0.3) is 0 Å². The maximum absolute atomic E-state index is 2.60. The van der Waals surface area contributed by atoms with Gasteiger partial charge in [-0.3, -0.25) is 0 Å². The quantitative estimate of drug-likeness (QED) is 0.104. The highest BCUT2D eigenvalue weighted by Gasteiger charge is 2.39. The molecule has 2 fully saturated rings. The number of hydrogen-bond donors (Lipinski definition) is 0. The smallest absolute Gasteiger partial charge is 0.0298 e. The van der Waals surface area contributed by atoms with E-state index in [4.69, 9.17) is 0 Å². The molecule has 0 N–H and O–H groups in total. The Kier molecular flexibility index (Phi) is 20.9. The largest absolute Gasteiger partial charge is 0.0654 e. The molecular formula is C45H90. The molecule has 0 aliphatic heterocycles. The zero-order chi connectivity index (χ0) is 34.0. The maximum Gasteiger partial charge on any atom is -0.0298 e. The van der Waals surface area contributed by atoms with Crippen molar-refractivity contribution in [1.29, 1.82) is 0 Å². The maximum atomic E-state index is 2.60. The molecule has 2 aliphatic carbocycles. The van der Waals surface area contributed by atoms with Crippen LogP contribution in [0.25, 0.3) is 0 Å². The van der Waals surface area contributed by atoms with Gasteiger partial charge in [0.1, 0.15) is 0 Å². The van der Waals surface area contributed by atoms with Crippen LogP contribution < -0.4 is 0 Å².